The van der Waals surface area contributed by atoms with Crippen molar-refractivity contribution in [2.24, 2.45) is 13.0 Å². The Morgan fingerprint density at radius 1 is 1.17 bits per heavy atom. The maximum atomic E-state index is 13.8. The summed E-state index contributed by atoms with van der Waals surface area (Å²) in [6.45, 7) is 4.87. The van der Waals surface area contributed by atoms with Crippen molar-refractivity contribution >= 4 is 22.6 Å². The molecule has 1 saturated carbocycles. The molecule has 8 nitrogen and oxygen atoms in total. The second-order valence-corrected chi connectivity index (χ2v) is 10.3. The van der Waals surface area contributed by atoms with Gasteiger partial charge in [0.05, 0.1) is 11.1 Å². The molecule has 10 heteroatoms. The van der Waals surface area contributed by atoms with Gasteiger partial charge in [0, 0.05) is 57.8 Å². The second-order valence-electron chi connectivity index (χ2n) is 10.3. The molecule has 1 amide bonds. The Kier molecular flexibility index (Phi) is 6.96. The summed E-state index contributed by atoms with van der Waals surface area (Å²) in [5.74, 6) is -2.07. The number of fused-ring (bicyclic) bond motifs is 1. The van der Waals surface area contributed by atoms with E-state index in [4.69, 9.17) is 4.52 Å². The number of carbonyl (C=O) groups excluding carboxylic acids is 1. The fraction of sp³-hybridized carbons (Fsp3) is 0.577. The molecule has 0 atom stereocenters. The third-order valence-electron chi connectivity index (χ3n) is 7.64. The van der Waals surface area contributed by atoms with Gasteiger partial charge in [0.2, 0.25) is 0 Å². The number of carbonyl (C=O) groups is 1. The van der Waals surface area contributed by atoms with Crippen molar-refractivity contribution in [2.45, 2.75) is 51.0 Å². The minimum Gasteiger partial charge on any atom is -0.362 e. The Balaban J connectivity index is 1.05. The molecule has 2 fully saturated rings. The number of rotatable bonds is 7. The van der Waals surface area contributed by atoms with Crippen LogP contribution in [0.1, 0.15) is 54.9 Å². The van der Waals surface area contributed by atoms with Crippen molar-refractivity contribution in [2.75, 3.05) is 37.6 Å². The predicted molar refractivity (Wildman–Crippen MR) is 133 cm³/mol. The number of alkyl halides is 2. The summed E-state index contributed by atoms with van der Waals surface area (Å²) in [5.41, 5.74) is 1.37. The first-order valence-electron chi connectivity index (χ1n) is 12.8. The predicted octanol–water partition coefficient (Wildman–Crippen LogP) is 4.17. The first kappa shape index (κ1) is 24.7. The first-order chi connectivity index (χ1) is 17.3. The molecule has 1 aliphatic carbocycles. The van der Waals surface area contributed by atoms with E-state index >= 15 is 0 Å². The highest BCUT2D eigenvalue weighted by Crippen LogP contribution is 2.34. The van der Waals surface area contributed by atoms with Crippen LogP contribution in [0.15, 0.2) is 35.2 Å². The molecular formula is C26H34F2N6O2. The summed E-state index contributed by atoms with van der Waals surface area (Å²) in [7, 11) is 1.86. The summed E-state index contributed by atoms with van der Waals surface area (Å²) < 4.78 is 34.2. The number of aryl methyl sites for hydroxylation is 1. The molecule has 0 spiro atoms. The van der Waals surface area contributed by atoms with Crippen molar-refractivity contribution in [1.82, 2.24) is 25.2 Å². The minimum absolute atomic E-state index is 0.0222. The maximum Gasteiger partial charge on any atom is 0.277 e. The average molecular weight is 501 g/mol. The van der Waals surface area contributed by atoms with E-state index in [0.717, 1.165) is 75.8 Å². The molecule has 1 aliphatic heterocycles. The molecule has 5 rings (SSSR count). The number of aromatic nitrogens is 3. The standard InChI is InChI=1S/C26H34F2N6O2/c1-26(27,28)22-17-36-31-24(22)34-14-12-33(13-15-34)11-10-18-6-8-19(9-7-18)29-25(35)20-4-3-5-23-21(20)16-32(2)30-23/h3-5,16-19H,6-15H2,1-2H3,(H,29,35). The smallest absolute Gasteiger partial charge is 0.277 e. The molecule has 3 heterocycles. The second kappa shape index (κ2) is 10.2. The summed E-state index contributed by atoms with van der Waals surface area (Å²) in [5, 5.41) is 12.3. The zero-order chi connectivity index (χ0) is 25.3. The molecule has 2 aliphatic rings. The van der Waals surface area contributed by atoms with E-state index in [1.165, 1.54) is 0 Å². The number of piperazine rings is 1. The minimum atomic E-state index is -2.96. The van der Waals surface area contributed by atoms with Crippen LogP contribution in [0.3, 0.4) is 0 Å². The Bertz CT molecular complexity index is 1190. The number of nitrogens with one attached hydrogen (secondary N) is 1. The lowest BCUT2D eigenvalue weighted by Crippen LogP contribution is -2.47. The van der Waals surface area contributed by atoms with Crippen molar-refractivity contribution in [3.05, 3.63) is 41.8 Å². The van der Waals surface area contributed by atoms with Crippen LogP contribution in [-0.4, -0.2) is 64.5 Å². The Morgan fingerprint density at radius 2 is 1.92 bits per heavy atom. The maximum absolute atomic E-state index is 13.8. The Morgan fingerprint density at radius 3 is 2.64 bits per heavy atom. The summed E-state index contributed by atoms with van der Waals surface area (Å²) in [4.78, 5) is 17.2. The fourth-order valence-corrected chi connectivity index (χ4v) is 5.53. The largest absolute Gasteiger partial charge is 0.362 e. The molecule has 0 unspecified atom stereocenters. The lowest BCUT2D eigenvalue weighted by atomic mass is 9.84. The number of anilines is 1. The molecule has 194 valence electrons. The van der Waals surface area contributed by atoms with E-state index in [1.807, 2.05) is 36.3 Å². The van der Waals surface area contributed by atoms with Gasteiger partial charge in [-0.25, -0.2) is 8.78 Å². The Labute approximate surface area is 209 Å². The monoisotopic (exact) mass is 500 g/mol. The topological polar surface area (TPSA) is 79.4 Å². The van der Waals surface area contributed by atoms with Gasteiger partial charge >= 0.3 is 0 Å². The van der Waals surface area contributed by atoms with E-state index in [1.54, 1.807) is 4.68 Å². The molecule has 36 heavy (non-hydrogen) atoms. The number of hydrogen-bond acceptors (Lipinski definition) is 6. The zero-order valence-corrected chi connectivity index (χ0v) is 20.9. The first-order valence-corrected chi connectivity index (χ1v) is 12.8. The summed E-state index contributed by atoms with van der Waals surface area (Å²) in [6.07, 6.45) is 8.27. The van der Waals surface area contributed by atoms with Crippen LogP contribution in [0, 0.1) is 5.92 Å². The van der Waals surface area contributed by atoms with Crippen molar-refractivity contribution < 1.29 is 18.1 Å². The van der Waals surface area contributed by atoms with E-state index in [0.29, 0.717) is 24.6 Å². The molecule has 0 bridgehead atoms. The van der Waals surface area contributed by atoms with Gasteiger partial charge in [0.1, 0.15) is 11.8 Å². The average Bonchev–Trinajstić information content (AvgIpc) is 3.50. The van der Waals surface area contributed by atoms with Crippen molar-refractivity contribution in [3.8, 4) is 0 Å². The van der Waals surface area contributed by atoms with Crippen LogP contribution in [0.2, 0.25) is 0 Å². The van der Waals surface area contributed by atoms with Crippen LogP contribution in [-0.2, 0) is 13.0 Å². The quantitative estimate of drug-likeness (QED) is 0.525. The number of hydrogen-bond donors (Lipinski definition) is 1. The molecule has 1 saturated heterocycles. The van der Waals surface area contributed by atoms with Crippen LogP contribution in [0.4, 0.5) is 14.6 Å². The summed E-state index contributed by atoms with van der Waals surface area (Å²) in [6, 6.07) is 5.87. The highest BCUT2D eigenvalue weighted by atomic mass is 19.3. The Hall–Kier alpha value is -3.01. The van der Waals surface area contributed by atoms with E-state index in [2.05, 4.69) is 20.5 Å². The molecular weight excluding hydrogens is 466 g/mol. The van der Waals surface area contributed by atoms with E-state index < -0.39 is 5.92 Å². The van der Waals surface area contributed by atoms with Crippen molar-refractivity contribution in [1.29, 1.82) is 0 Å². The third-order valence-corrected chi connectivity index (χ3v) is 7.64. The number of halogens is 2. The van der Waals surface area contributed by atoms with Crippen molar-refractivity contribution in [3.63, 3.8) is 0 Å². The number of nitrogens with zero attached hydrogens (tertiary/aromatic N) is 5. The molecule has 1 N–H and O–H groups in total. The zero-order valence-electron chi connectivity index (χ0n) is 20.9. The van der Waals surface area contributed by atoms with Gasteiger partial charge in [-0.1, -0.05) is 11.2 Å². The van der Waals surface area contributed by atoms with Crippen LogP contribution < -0.4 is 10.2 Å². The van der Waals surface area contributed by atoms with E-state index in [9.17, 15) is 13.6 Å². The van der Waals surface area contributed by atoms with E-state index in [-0.39, 0.29) is 23.3 Å². The molecule has 0 radical (unpaired) electrons. The van der Waals surface area contributed by atoms with Gasteiger partial charge < -0.3 is 14.7 Å². The van der Waals surface area contributed by atoms with Gasteiger partial charge in [-0.2, -0.15) is 5.10 Å². The molecule has 2 aromatic heterocycles. The SMILES string of the molecule is Cn1cc2c(C(=O)NC3CCC(CCN4CCN(c5nocc5C(C)(F)F)CC4)CC3)cccc2n1. The van der Waals surface area contributed by atoms with Crippen LogP contribution in [0.25, 0.3) is 10.9 Å². The van der Waals surface area contributed by atoms with Crippen LogP contribution >= 0.6 is 0 Å². The van der Waals surface area contributed by atoms with Gasteiger partial charge in [-0.05, 0) is 56.7 Å². The highest BCUT2D eigenvalue weighted by Gasteiger charge is 2.34. The van der Waals surface area contributed by atoms with Gasteiger partial charge in [-0.3, -0.25) is 14.4 Å². The lowest BCUT2D eigenvalue weighted by molar-refractivity contribution is 0.0172. The number of amides is 1. The van der Waals surface area contributed by atoms with Crippen LogP contribution in [0.5, 0.6) is 0 Å². The third kappa shape index (κ3) is 5.38. The molecule has 1 aromatic carbocycles. The highest BCUT2D eigenvalue weighted by molar-refractivity contribution is 6.06. The number of benzene rings is 1. The van der Waals surface area contributed by atoms with Gasteiger partial charge in [0.25, 0.3) is 11.8 Å². The fourth-order valence-electron chi connectivity index (χ4n) is 5.53. The summed E-state index contributed by atoms with van der Waals surface area (Å²) >= 11 is 0. The van der Waals surface area contributed by atoms with Gasteiger partial charge in [0.15, 0.2) is 5.82 Å². The molecule has 3 aromatic rings. The lowest BCUT2D eigenvalue weighted by Gasteiger charge is -2.36. The normalized spacial score (nSPS) is 21.7. The van der Waals surface area contributed by atoms with Gasteiger partial charge in [-0.15, -0.1) is 0 Å².